The molecule has 0 aromatic carbocycles. The molecule has 0 heterocycles. The third-order valence-electron chi connectivity index (χ3n) is 11.3. The molecule has 61 heavy (non-hydrogen) atoms. The summed E-state index contributed by atoms with van der Waals surface area (Å²) in [4.78, 5) is 19.5. The molecule has 0 saturated heterocycles. The Morgan fingerprint density at radius 3 is 0.672 bits per heavy atom. The van der Waals surface area contributed by atoms with E-state index in [4.69, 9.17) is 15.9 Å². The van der Waals surface area contributed by atoms with Crippen molar-refractivity contribution in [1.29, 1.82) is 0 Å². The van der Waals surface area contributed by atoms with Gasteiger partial charge in [-0.3, -0.25) is 9.59 Å². The van der Waals surface area contributed by atoms with Crippen LogP contribution in [0.1, 0.15) is 244 Å². The molecule has 0 spiro atoms. The van der Waals surface area contributed by atoms with Crippen LogP contribution in [0.2, 0.25) is 53.2 Å². The third kappa shape index (κ3) is 66.4. The summed E-state index contributed by atoms with van der Waals surface area (Å²) in [6.45, 7) is 28.0. The van der Waals surface area contributed by atoms with E-state index in [1.54, 1.807) is 53.2 Å². The molecule has 0 aliphatic heterocycles. The van der Waals surface area contributed by atoms with Gasteiger partial charge in [0.2, 0.25) is 0 Å². The fourth-order valence-corrected chi connectivity index (χ4v) is 44.7. The number of unbranched alkanes of at least 4 members (excludes halogenated alkanes) is 12. The quantitative estimate of drug-likeness (QED) is 0.0599. The predicted molar refractivity (Wildman–Crippen MR) is 288 cm³/mol. The minimum Gasteiger partial charge on any atom is -0.665 e. The third-order valence-corrected chi connectivity index (χ3v) is 47.6. The molecular weight excluding hydrogens is 1180 g/mol. The van der Waals surface area contributed by atoms with Gasteiger partial charge in [0.15, 0.2) is 0 Å². The maximum atomic E-state index is 9.78. The molecule has 0 aliphatic carbocycles. The number of aliphatic carboxylic acids is 2. The normalized spacial score (nSPS) is 11.1. The number of carbonyl (C=O) groups is 2. The second-order valence-electron chi connectivity index (χ2n) is 17.7. The average Bonchev–Trinajstić information content (AvgIpc) is 3.26. The van der Waals surface area contributed by atoms with Gasteiger partial charge in [-0.2, -0.15) is 0 Å². The van der Waals surface area contributed by atoms with E-state index < -0.39 is 103 Å². The van der Waals surface area contributed by atoms with Crippen molar-refractivity contribution >= 4 is 91.0 Å². The van der Waals surface area contributed by atoms with Crippen LogP contribution in [-0.4, -0.2) is 107 Å². The number of carboxylic acid groups (broad SMARTS) is 2. The van der Waals surface area contributed by atoms with Crippen molar-refractivity contribution < 1.29 is 19.8 Å². The van der Waals surface area contributed by atoms with Crippen LogP contribution in [0.25, 0.3) is 5.73 Å². The first kappa shape index (κ1) is 72.1. The zero-order valence-electron chi connectivity index (χ0n) is 44.0. The molecule has 0 aromatic rings. The van der Waals surface area contributed by atoms with Crippen LogP contribution in [0, 0.1) is 0 Å². The molecule has 1 unspecified atom stereocenters. The molecule has 0 bridgehead atoms. The number of hydrogen-bond acceptors (Lipinski definition) is 2. The molecule has 367 valence electrons. The van der Waals surface area contributed by atoms with Crippen molar-refractivity contribution in [2.75, 3.05) is 0 Å². The first-order chi connectivity index (χ1) is 29.4. The van der Waals surface area contributed by atoms with Crippen LogP contribution in [0.4, 0.5) is 0 Å². The van der Waals surface area contributed by atoms with Crippen molar-refractivity contribution in [3.8, 4) is 0 Å². The first-order valence-electron chi connectivity index (χ1n) is 26.9. The van der Waals surface area contributed by atoms with E-state index in [-0.39, 0.29) is 0 Å². The molecule has 9 heteroatoms. The fraction of sp³-hybridized carbons (Fsp3) is 0.962. The Morgan fingerprint density at radius 2 is 0.557 bits per heavy atom. The van der Waals surface area contributed by atoms with E-state index >= 15 is 0 Å². The van der Waals surface area contributed by atoms with Crippen LogP contribution in [0.15, 0.2) is 0 Å². The van der Waals surface area contributed by atoms with Crippen LogP contribution >= 0.6 is 0 Å². The Balaban J connectivity index is -0.000000215. The van der Waals surface area contributed by atoms with E-state index in [0.29, 0.717) is 0 Å². The second kappa shape index (κ2) is 64.2. The molecular formula is C52H114NO4Sn4. The summed E-state index contributed by atoms with van der Waals surface area (Å²) in [6, 6.07) is -1.54. The number of carboxylic acids is 2. The Hall–Kier alpha value is 2.09. The van der Waals surface area contributed by atoms with E-state index in [0.717, 1.165) is 0 Å². The minimum atomic E-state index is -1.54. The Labute approximate surface area is 415 Å². The van der Waals surface area contributed by atoms with Gasteiger partial charge in [-0.15, -0.1) is 0 Å². The summed E-state index contributed by atoms with van der Waals surface area (Å²) in [5.74, 6) is -2.67. The molecule has 5 nitrogen and oxygen atoms in total. The molecule has 0 saturated carbocycles. The van der Waals surface area contributed by atoms with E-state index in [1.807, 2.05) is 0 Å². The molecule has 0 fully saturated rings. The van der Waals surface area contributed by atoms with Crippen molar-refractivity contribution in [3.63, 3.8) is 0 Å². The summed E-state index contributed by atoms with van der Waals surface area (Å²) in [7, 11) is 0. The summed E-state index contributed by atoms with van der Waals surface area (Å²) < 4.78 is 20.2. The standard InChI is InChI=1S/C4H6NO4.12C4H9.4Sn/c5-2(4(8)9)1-3(6)7;12*1-3-4-2;;;;/h2,5H,1H2,(H,6,7)(H,8,9);12*1,3-4H2,2H3;;;;/q-1;;;;;;;;;;;;;;;;+1. The molecule has 3 radical (unpaired) electrons. The van der Waals surface area contributed by atoms with Crippen molar-refractivity contribution in [2.24, 2.45) is 0 Å². The molecule has 3 N–H and O–H groups in total. The summed E-state index contributed by atoms with van der Waals surface area (Å²) >= 11 is -3.36. The maximum absolute atomic E-state index is 9.78. The van der Waals surface area contributed by atoms with Crippen LogP contribution in [0.3, 0.4) is 0 Å². The van der Waals surface area contributed by atoms with Gasteiger partial charge in [-0.05, 0) is 6.04 Å². The van der Waals surface area contributed by atoms with Gasteiger partial charge in [0.1, 0.15) is 0 Å². The van der Waals surface area contributed by atoms with Crippen LogP contribution < -0.4 is 0 Å². The van der Waals surface area contributed by atoms with E-state index in [2.05, 4.69) is 83.1 Å². The van der Waals surface area contributed by atoms with Crippen molar-refractivity contribution in [2.45, 2.75) is 303 Å². The van der Waals surface area contributed by atoms with Gasteiger partial charge in [0.05, 0.1) is 0 Å². The van der Waals surface area contributed by atoms with Gasteiger partial charge in [-0.1, -0.05) is 0 Å². The smallest absolute Gasteiger partial charge is 0.302 e. The molecule has 0 aromatic heterocycles. The fourth-order valence-electron chi connectivity index (χ4n) is 6.88. The van der Waals surface area contributed by atoms with E-state index in [1.165, 1.54) is 154 Å². The second-order valence-corrected chi connectivity index (χ2v) is 52.0. The molecule has 0 aliphatic rings. The van der Waals surface area contributed by atoms with Crippen molar-refractivity contribution in [1.82, 2.24) is 0 Å². The number of nitrogens with one attached hydrogen (secondary N) is 1. The summed E-state index contributed by atoms with van der Waals surface area (Å²) in [5, 5.41) is 15.9. The largest absolute Gasteiger partial charge is 0.665 e. The van der Waals surface area contributed by atoms with Gasteiger partial charge in [0, 0.05) is 6.42 Å². The van der Waals surface area contributed by atoms with E-state index in [9.17, 15) is 9.59 Å². The van der Waals surface area contributed by atoms with Gasteiger partial charge in [0.25, 0.3) is 5.97 Å². The zero-order chi connectivity index (χ0) is 47.2. The number of hydrogen-bond donors (Lipinski definition) is 2. The van der Waals surface area contributed by atoms with Crippen LogP contribution in [0.5, 0.6) is 0 Å². The molecule has 0 amide bonds. The van der Waals surface area contributed by atoms with Crippen molar-refractivity contribution in [3.05, 3.63) is 5.73 Å². The van der Waals surface area contributed by atoms with Crippen LogP contribution in [-0.2, 0) is 9.59 Å². The number of rotatable bonds is 39. The minimum absolute atomic E-state index is 0.644. The maximum Gasteiger partial charge on any atom is 0.302 e. The summed E-state index contributed by atoms with van der Waals surface area (Å²) in [6.07, 6.45) is 34.7. The van der Waals surface area contributed by atoms with Gasteiger partial charge in [-0.25, -0.2) is 0 Å². The monoisotopic (exact) mass is 1300 g/mol. The predicted octanol–water partition coefficient (Wildman–Crippen LogP) is 19.5. The van der Waals surface area contributed by atoms with Gasteiger partial charge >= 0.3 is 375 Å². The Morgan fingerprint density at radius 1 is 0.377 bits per heavy atom. The molecule has 1 atom stereocenters. The Kier molecular flexibility index (Phi) is 75.8. The SMILES string of the molecule is CCC[CH2][Sn+]([CH2]CCC)[CH2]CCC.CCC[CH2][Sn]([CH2]CCC)[CH2]CCC.CCC[CH2][Sn]([CH2]CCC)[CH2]CCC.CCC[CH2][Sn]([CH2]CCC)[CH2]CCC.[NH-]C(CC(=O)O)C(=O)O. The topological polar surface area (TPSA) is 98.4 Å². The first-order valence-corrected chi connectivity index (χ1v) is 51.1. The Bertz CT molecular complexity index is 637. The molecule has 0 rings (SSSR count). The average molecular weight is 1290 g/mol. The zero-order valence-corrected chi connectivity index (χ0v) is 55.4. The summed E-state index contributed by atoms with van der Waals surface area (Å²) in [5.41, 5.74) is 6.58. The van der Waals surface area contributed by atoms with Gasteiger partial charge < -0.3 is 15.9 Å².